The van der Waals surface area contributed by atoms with Crippen LogP contribution >= 0.6 is 23.5 Å². The van der Waals surface area contributed by atoms with E-state index in [2.05, 4.69) is 23.5 Å². The van der Waals surface area contributed by atoms with E-state index in [1.54, 1.807) is 24.3 Å². The summed E-state index contributed by atoms with van der Waals surface area (Å²) in [6, 6.07) is 23.0. The van der Waals surface area contributed by atoms with Crippen molar-refractivity contribution < 1.29 is 14.3 Å². The summed E-state index contributed by atoms with van der Waals surface area (Å²) in [6.07, 6.45) is 2.14. The third kappa shape index (κ3) is 5.26. The van der Waals surface area contributed by atoms with Crippen LogP contribution in [0.2, 0.25) is 0 Å². The smallest absolute Gasteiger partial charge is 0.262 e. The molecule has 2 heterocycles. The Morgan fingerprint density at radius 3 is 2.44 bits per heavy atom. The second-order valence-corrected chi connectivity index (χ2v) is 11.0. The number of anilines is 2. The van der Waals surface area contributed by atoms with Gasteiger partial charge in [-0.05, 0) is 77.9 Å². The van der Waals surface area contributed by atoms with Gasteiger partial charge in [-0.15, -0.1) is 23.5 Å². The van der Waals surface area contributed by atoms with Gasteiger partial charge in [0.15, 0.2) is 6.61 Å². The van der Waals surface area contributed by atoms with E-state index in [-0.39, 0.29) is 18.4 Å². The summed E-state index contributed by atoms with van der Waals surface area (Å²) in [6.45, 7) is 0.616. The Bertz CT molecular complexity index is 1160. The van der Waals surface area contributed by atoms with Gasteiger partial charge in [-0.1, -0.05) is 30.3 Å². The van der Waals surface area contributed by atoms with Crippen LogP contribution in [0.15, 0.2) is 72.8 Å². The Labute approximate surface area is 208 Å². The number of carbonyl (C=O) groups is 2. The van der Waals surface area contributed by atoms with E-state index >= 15 is 0 Å². The number of para-hydroxylation sites is 1. The van der Waals surface area contributed by atoms with Crippen LogP contribution in [0, 0.1) is 0 Å². The number of ether oxygens (including phenoxy) is 1. The lowest BCUT2D eigenvalue weighted by Crippen LogP contribution is -2.28. The molecule has 2 aliphatic rings. The summed E-state index contributed by atoms with van der Waals surface area (Å²) >= 11 is 3.97. The van der Waals surface area contributed by atoms with E-state index in [1.165, 1.54) is 29.1 Å². The largest absolute Gasteiger partial charge is 0.484 e. The van der Waals surface area contributed by atoms with Crippen molar-refractivity contribution in [2.45, 2.75) is 17.4 Å². The topological polar surface area (TPSA) is 58.6 Å². The summed E-state index contributed by atoms with van der Waals surface area (Å²) in [4.78, 5) is 27.1. The van der Waals surface area contributed by atoms with E-state index < -0.39 is 0 Å². The average molecular weight is 491 g/mol. The quantitative estimate of drug-likeness (QED) is 0.475. The molecule has 174 valence electrons. The summed E-state index contributed by atoms with van der Waals surface area (Å²) in [5, 5.41) is 2.83. The molecule has 3 aromatic rings. The monoisotopic (exact) mass is 490 g/mol. The van der Waals surface area contributed by atoms with Crippen molar-refractivity contribution in [3.8, 4) is 5.75 Å². The Morgan fingerprint density at radius 2 is 1.68 bits per heavy atom. The molecule has 0 radical (unpaired) electrons. The summed E-state index contributed by atoms with van der Waals surface area (Å²) < 4.78 is 6.15. The highest BCUT2D eigenvalue weighted by molar-refractivity contribution is 8.16. The van der Waals surface area contributed by atoms with Gasteiger partial charge in [-0.3, -0.25) is 9.59 Å². The summed E-state index contributed by atoms with van der Waals surface area (Å²) in [5.74, 6) is 2.82. The third-order valence-electron chi connectivity index (χ3n) is 5.90. The van der Waals surface area contributed by atoms with Crippen LogP contribution in [0.5, 0.6) is 5.75 Å². The lowest BCUT2D eigenvalue weighted by molar-refractivity contribution is -0.118. The highest BCUT2D eigenvalue weighted by atomic mass is 32.2. The third-order valence-corrected chi connectivity index (χ3v) is 8.91. The fourth-order valence-electron chi connectivity index (χ4n) is 4.15. The molecule has 0 aliphatic carbocycles. The molecule has 0 spiro atoms. The van der Waals surface area contributed by atoms with Crippen LogP contribution in [-0.2, 0) is 11.2 Å². The van der Waals surface area contributed by atoms with E-state index in [0.717, 1.165) is 12.1 Å². The summed E-state index contributed by atoms with van der Waals surface area (Å²) in [7, 11) is 0. The molecule has 5 nitrogen and oxygen atoms in total. The van der Waals surface area contributed by atoms with Crippen LogP contribution in [0.3, 0.4) is 0 Å². The fraction of sp³-hybridized carbons (Fsp3) is 0.259. The zero-order chi connectivity index (χ0) is 23.3. The van der Waals surface area contributed by atoms with Crippen molar-refractivity contribution >= 4 is 46.7 Å². The molecular formula is C27H26N2O3S2. The van der Waals surface area contributed by atoms with Gasteiger partial charge in [0.2, 0.25) is 0 Å². The molecular weight excluding hydrogens is 464 g/mol. The van der Waals surface area contributed by atoms with Crippen LogP contribution in [0.1, 0.15) is 32.5 Å². The lowest BCUT2D eigenvalue weighted by Gasteiger charge is -2.21. The molecule has 2 amide bonds. The molecule has 0 saturated carbocycles. The summed E-state index contributed by atoms with van der Waals surface area (Å²) in [5.41, 5.74) is 4.69. The minimum Gasteiger partial charge on any atom is -0.484 e. The number of fused-ring (bicyclic) bond motifs is 1. The molecule has 0 unspecified atom stereocenters. The molecule has 3 aromatic carbocycles. The first-order valence-corrected chi connectivity index (χ1v) is 13.5. The van der Waals surface area contributed by atoms with Gasteiger partial charge in [-0.25, -0.2) is 0 Å². The van der Waals surface area contributed by atoms with Crippen molar-refractivity contribution in [2.24, 2.45) is 0 Å². The van der Waals surface area contributed by atoms with Crippen LogP contribution in [-0.4, -0.2) is 36.5 Å². The van der Waals surface area contributed by atoms with Gasteiger partial charge in [0, 0.05) is 23.5 Å². The normalized spacial score (nSPS) is 15.6. The second-order valence-electron chi connectivity index (χ2n) is 8.25. The van der Waals surface area contributed by atoms with Crippen molar-refractivity contribution in [3.05, 3.63) is 89.5 Å². The number of carbonyl (C=O) groups excluding carboxylic acids is 2. The predicted molar refractivity (Wildman–Crippen MR) is 141 cm³/mol. The predicted octanol–water partition coefficient (Wildman–Crippen LogP) is 5.78. The lowest BCUT2D eigenvalue weighted by atomic mass is 10.1. The maximum Gasteiger partial charge on any atom is 0.262 e. The number of hydrogen-bond donors (Lipinski definition) is 1. The molecule has 0 atom stereocenters. The van der Waals surface area contributed by atoms with Crippen LogP contribution in [0.25, 0.3) is 0 Å². The van der Waals surface area contributed by atoms with Gasteiger partial charge in [0.25, 0.3) is 11.8 Å². The standard InChI is InChI=1S/C27H26N2O3S2/c30-25(18-32-23-12-8-21(9-13-23)27-33-16-3-17-34-27)28-22-10-6-20(7-11-22)26(31)29-15-14-19-4-1-2-5-24(19)29/h1-2,4-13,27H,3,14-18H2,(H,28,30). The first-order chi connectivity index (χ1) is 16.7. The molecule has 0 bridgehead atoms. The van der Waals surface area contributed by atoms with Crippen molar-refractivity contribution in [1.29, 1.82) is 0 Å². The van der Waals surface area contributed by atoms with Gasteiger partial charge < -0.3 is 15.0 Å². The van der Waals surface area contributed by atoms with Crippen LogP contribution < -0.4 is 15.0 Å². The molecule has 2 aliphatic heterocycles. The maximum absolute atomic E-state index is 12.9. The molecule has 34 heavy (non-hydrogen) atoms. The van der Waals surface area contributed by atoms with E-state index in [0.29, 0.717) is 28.1 Å². The number of nitrogens with one attached hydrogen (secondary N) is 1. The van der Waals surface area contributed by atoms with E-state index in [4.69, 9.17) is 4.74 Å². The molecule has 0 aromatic heterocycles. The minimum atomic E-state index is -0.241. The van der Waals surface area contributed by atoms with Crippen LogP contribution in [0.4, 0.5) is 11.4 Å². The van der Waals surface area contributed by atoms with E-state index in [1.807, 2.05) is 58.8 Å². The van der Waals surface area contributed by atoms with Gasteiger partial charge in [0.05, 0.1) is 4.58 Å². The molecule has 5 rings (SSSR count). The number of amides is 2. The zero-order valence-electron chi connectivity index (χ0n) is 18.7. The van der Waals surface area contributed by atoms with Crippen molar-refractivity contribution in [2.75, 3.05) is 34.9 Å². The molecule has 7 heteroatoms. The molecule has 1 N–H and O–H groups in total. The number of benzene rings is 3. The Kier molecular flexibility index (Phi) is 7.11. The maximum atomic E-state index is 12.9. The number of nitrogens with zero attached hydrogens (tertiary/aromatic N) is 1. The number of hydrogen-bond acceptors (Lipinski definition) is 5. The average Bonchev–Trinajstić information content (AvgIpc) is 3.33. The first kappa shape index (κ1) is 22.9. The number of rotatable bonds is 6. The van der Waals surface area contributed by atoms with E-state index in [9.17, 15) is 9.59 Å². The first-order valence-electron chi connectivity index (χ1n) is 11.4. The minimum absolute atomic E-state index is 0.0281. The van der Waals surface area contributed by atoms with Gasteiger partial charge in [-0.2, -0.15) is 0 Å². The Balaban J connectivity index is 1.12. The fourth-order valence-corrected chi connectivity index (χ4v) is 7.04. The zero-order valence-corrected chi connectivity index (χ0v) is 20.4. The molecule has 1 saturated heterocycles. The highest BCUT2D eigenvalue weighted by Crippen LogP contribution is 2.43. The SMILES string of the molecule is O=C(COc1ccc(C2SCCCS2)cc1)Nc1ccc(C(=O)N2CCc3ccccc32)cc1. The second kappa shape index (κ2) is 10.6. The highest BCUT2D eigenvalue weighted by Gasteiger charge is 2.25. The van der Waals surface area contributed by atoms with Crippen molar-refractivity contribution in [3.63, 3.8) is 0 Å². The van der Waals surface area contributed by atoms with Gasteiger partial charge >= 0.3 is 0 Å². The number of thioether (sulfide) groups is 2. The Hall–Kier alpha value is -2.90. The Morgan fingerprint density at radius 1 is 0.941 bits per heavy atom. The molecule has 1 fully saturated rings. The van der Waals surface area contributed by atoms with Gasteiger partial charge in [0.1, 0.15) is 5.75 Å². The van der Waals surface area contributed by atoms with Crippen molar-refractivity contribution in [1.82, 2.24) is 0 Å².